The van der Waals surface area contributed by atoms with Crippen LogP contribution in [0.5, 0.6) is 0 Å². The van der Waals surface area contributed by atoms with Crippen molar-refractivity contribution in [2.24, 2.45) is 34.5 Å². The number of Topliss-reactive ketones (excluding diaryl/α,β-unsaturated/α-hetero) is 1. The summed E-state index contributed by atoms with van der Waals surface area (Å²) in [4.78, 5) is 87.5. The molecule has 0 aromatic carbocycles. The summed E-state index contributed by atoms with van der Waals surface area (Å²) in [5.74, 6) is 2.44. The number of carbonyl (C=O) groups excluding carboxylic acids is 2. The van der Waals surface area contributed by atoms with Crippen LogP contribution in [0.25, 0.3) is 0 Å². The molecular weight excluding hydrogens is 544 g/mol. The Hall–Kier alpha value is 1.56. The van der Waals surface area contributed by atoms with Crippen LogP contribution in [0.3, 0.4) is 0 Å². The van der Waals surface area contributed by atoms with Gasteiger partial charge < -0.3 is 29.0 Å². The third kappa shape index (κ3) is 7.14. The van der Waals surface area contributed by atoms with E-state index in [9.17, 15) is 29.2 Å². The summed E-state index contributed by atoms with van der Waals surface area (Å²) in [6.45, 7) is 3.89. The van der Waals surface area contributed by atoms with Crippen LogP contribution in [0, 0.1) is 34.5 Å². The van der Waals surface area contributed by atoms with Crippen molar-refractivity contribution in [3.8, 4) is 0 Å². The van der Waals surface area contributed by atoms with E-state index in [4.69, 9.17) is 19.3 Å². The molecule has 0 heterocycles. The summed E-state index contributed by atoms with van der Waals surface area (Å²) >= 11 is 0. The fraction of sp³-hybridized carbons (Fsp3) is 0.913. The zero-order chi connectivity index (χ0) is 25.8. The van der Waals surface area contributed by atoms with E-state index in [-0.39, 0.29) is 76.0 Å². The molecule has 0 amide bonds. The van der Waals surface area contributed by atoms with Crippen LogP contribution >= 0.6 is 15.9 Å². The van der Waals surface area contributed by atoms with E-state index in [0.717, 1.165) is 38.5 Å². The molecule has 2 N–H and O–H groups in total. The average Bonchev–Trinajstić information content (AvgIpc) is 3.04. The van der Waals surface area contributed by atoms with Crippen LogP contribution in [0.4, 0.5) is 4.79 Å². The van der Waals surface area contributed by atoms with Crippen LogP contribution in [-0.2, 0) is 14.3 Å². The fourth-order valence-corrected chi connectivity index (χ4v) is 10.4. The Morgan fingerprint density at radius 1 is 1.03 bits per heavy atom. The third-order valence-electron chi connectivity index (χ3n) is 9.94. The summed E-state index contributed by atoms with van der Waals surface area (Å²) < 4.78 is 10.3. The number of fused-ring (bicyclic) bond motifs is 5. The molecule has 10 nitrogen and oxygen atoms in total. The number of ketones is 1. The van der Waals surface area contributed by atoms with Crippen LogP contribution in [0.15, 0.2) is 0 Å². The maximum Gasteiger partial charge on any atom is 1.00 e. The molecule has 4 fully saturated rings. The second-order valence-corrected chi connectivity index (χ2v) is 15.5. The molecule has 4 rings (SSSR count). The van der Waals surface area contributed by atoms with Gasteiger partial charge >= 0.3 is 65.3 Å². The van der Waals surface area contributed by atoms with Gasteiger partial charge in [-0.05, 0) is 80.5 Å². The zero-order valence-corrected chi connectivity index (χ0v) is 28.1. The maximum atomic E-state index is 12.6. The molecule has 4 aliphatic rings. The summed E-state index contributed by atoms with van der Waals surface area (Å²) in [6.07, 6.45) is 5.97. The number of hydrogen-bond donors (Lipinski definition) is 2. The SMILES string of the molecule is C[C@]12CC[C@H](OC(=O)OCCC([P+]([O-])([O-])[O-])[P+]([O-])(O)O)CC1CC[C@@H]1[C@@H]2CC[C@]2(C)C(=O)CC[C@@H]12.[Na+].[Na+]. The van der Waals surface area contributed by atoms with Crippen molar-refractivity contribution < 1.29 is 108 Å². The van der Waals surface area contributed by atoms with E-state index in [1.54, 1.807) is 0 Å². The Kier molecular flexibility index (Phi) is 12.1. The van der Waals surface area contributed by atoms with Gasteiger partial charge in [0.25, 0.3) is 7.94 Å². The van der Waals surface area contributed by atoms with Gasteiger partial charge in [0.05, 0.1) is 6.42 Å². The van der Waals surface area contributed by atoms with Crippen molar-refractivity contribution in [3.63, 3.8) is 0 Å². The summed E-state index contributed by atoms with van der Waals surface area (Å²) in [5.41, 5.74) is -0.0150. The average molecular weight is 580 g/mol. The Labute approximate surface area is 264 Å². The third-order valence-corrected chi connectivity index (χ3v) is 13.7. The summed E-state index contributed by atoms with van der Waals surface area (Å²) in [5, 5.41) is -2.43. The molecule has 0 radical (unpaired) electrons. The number of ether oxygens (including phenoxy) is 2. The maximum absolute atomic E-state index is 12.6. The molecular formula is C23H36Na2O10P2. The van der Waals surface area contributed by atoms with Gasteiger partial charge in [-0.25, -0.2) is 14.6 Å². The monoisotopic (exact) mass is 580 g/mol. The topological polar surface area (TPSA) is 185 Å². The smallest absolute Gasteiger partial charge is 0.685 e. The van der Waals surface area contributed by atoms with E-state index in [2.05, 4.69) is 13.8 Å². The molecule has 0 saturated heterocycles. The van der Waals surface area contributed by atoms with Crippen LogP contribution in [-0.4, -0.2) is 39.8 Å². The largest absolute Gasteiger partial charge is 1.00 e. The number of carbonyl (C=O) groups is 2. The van der Waals surface area contributed by atoms with Gasteiger partial charge in [-0.1, -0.05) is 13.8 Å². The molecule has 0 bridgehead atoms. The van der Waals surface area contributed by atoms with Gasteiger partial charge in [0.1, 0.15) is 18.5 Å². The van der Waals surface area contributed by atoms with Gasteiger partial charge in [0, 0.05) is 11.8 Å². The summed E-state index contributed by atoms with van der Waals surface area (Å²) in [7, 11) is -10.7. The Morgan fingerprint density at radius 3 is 2.32 bits per heavy atom. The molecule has 0 spiro atoms. The molecule has 37 heavy (non-hydrogen) atoms. The minimum Gasteiger partial charge on any atom is -0.685 e. The van der Waals surface area contributed by atoms with E-state index >= 15 is 0 Å². The van der Waals surface area contributed by atoms with Crippen molar-refractivity contribution in [1.82, 2.24) is 0 Å². The van der Waals surface area contributed by atoms with Crippen molar-refractivity contribution in [3.05, 3.63) is 0 Å². The minimum atomic E-state index is -5.56. The van der Waals surface area contributed by atoms with Crippen LogP contribution in [0.2, 0.25) is 0 Å². The molecule has 0 aliphatic heterocycles. The standard InChI is InChI=1S/C23H38O10P2.2Na/c1-22-10-7-15(33-21(25)32-12-9-20(34(26,27)28)35(29,30)31)13-14(22)3-4-16-17-5-6-19(24)23(17,2)11-8-18(16)22;;/h14-18,20H,3-13H2,1-2H3,(H2,26,27,28)(H2,29,30,31);;/q;2*+1/p-2/t14?,15-,16-,17-,18-,22-,23-;;/m0../s1. The van der Waals surface area contributed by atoms with Crippen molar-refractivity contribution >= 4 is 27.8 Å². The molecule has 4 saturated carbocycles. The van der Waals surface area contributed by atoms with Gasteiger partial charge in [-0.2, -0.15) is 0 Å². The van der Waals surface area contributed by atoms with E-state index in [0.29, 0.717) is 48.7 Å². The molecule has 2 unspecified atom stereocenters. The van der Waals surface area contributed by atoms with Gasteiger partial charge in [-0.15, -0.1) is 7.94 Å². The zero-order valence-electron chi connectivity index (χ0n) is 22.3. The van der Waals surface area contributed by atoms with Crippen molar-refractivity contribution in [1.29, 1.82) is 0 Å². The molecule has 14 heteroatoms. The summed E-state index contributed by atoms with van der Waals surface area (Å²) in [6, 6.07) is 0. The van der Waals surface area contributed by atoms with E-state index in [1.807, 2.05) is 0 Å². The van der Waals surface area contributed by atoms with Gasteiger partial charge in [0.15, 0.2) is 0 Å². The normalized spacial score (nSPS) is 38.2. The Balaban J connectivity index is 0.00000241. The first-order valence-electron chi connectivity index (χ1n) is 12.6. The second kappa shape index (κ2) is 12.8. The minimum absolute atomic E-state index is 0. The van der Waals surface area contributed by atoms with E-state index in [1.165, 1.54) is 0 Å². The first-order chi connectivity index (χ1) is 16.2. The Morgan fingerprint density at radius 2 is 1.70 bits per heavy atom. The van der Waals surface area contributed by atoms with Crippen molar-refractivity contribution in [2.45, 2.75) is 89.6 Å². The molecule has 0 aromatic heterocycles. The Bertz CT molecular complexity index is 823. The number of rotatable bonds is 6. The molecule has 200 valence electrons. The molecule has 8 atom stereocenters. The second-order valence-electron chi connectivity index (χ2n) is 11.6. The first-order valence-corrected chi connectivity index (χ1v) is 15.9. The van der Waals surface area contributed by atoms with Crippen molar-refractivity contribution in [2.75, 3.05) is 6.61 Å². The first kappa shape index (κ1) is 34.8. The fourth-order valence-electron chi connectivity index (χ4n) is 8.03. The quantitative estimate of drug-likeness (QED) is 0.175. The van der Waals surface area contributed by atoms with E-state index < -0.39 is 40.5 Å². The van der Waals surface area contributed by atoms with Gasteiger partial charge in [0.2, 0.25) is 5.40 Å². The van der Waals surface area contributed by atoms with Gasteiger partial charge in [-0.3, -0.25) is 4.79 Å². The molecule has 0 aromatic rings. The molecule has 4 aliphatic carbocycles. The predicted octanol–water partition coefficient (Wildman–Crippen LogP) is -5.20. The predicted molar refractivity (Wildman–Crippen MR) is 120 cm³/mol. The van der Waals surface area contributed by atoms with Crippen LogP contribution < -0.4 is 78.7 Å². The van der Waals surface area contributed by atoms with Crippen LogP contribution in [0.1, 0.15) is 78.1 Å². The number of hydrogen-bond acceptors (Lipinski definition) is 10.